The van der Waals surface area contributed by atoms with Gasteiger partial charge in [-0.2, -0.15) is 0 Å². The molecule has 0 fully saturated rings. The molecule has 0 aromatic heterocycles. The van der Waals surface area contributed by atoms with E-state index in [9.17, 15) is 9.59 Å². The Hall–Kier alpha value is -1.84. The second-order valence-electron chi connectivity index (χ2n) is 6.20. The van der Waals surface area contributed by atoms with Gasteiger partial charge in [-0.1, -0.05) is 43.5 Å². The molecule has 1 aliphatic rings. The molecule has 4 heteroatoms. The van der Waals surface area contributed by atoms with E-state index in [1.807, 2.05) is 6.07 Å². The molecule has 2 rings (SSSR count). The zero-order chi connectivity index (χ0) is 15.3. The summed E-state index contributed by atoms with van der Waals surface area (Å²) in [7, 11) is 0. The number of unbranched alkanes of at least 4 members (excludes halogenated alkanes) is 3. The summed E-state index contributed by atoms with van der Waals surface area (Å²) in [6, 6.07) is 8.33. The van der Waals surface area contributed by atoms with E-state index in [0.29, 0.717) is 6.42 Å². The van der Waals surface area contributed by atoms with Crippen LogP contribution in [0.3, 0.4) is 0 Å². The molecule has 2 amide bonds. The molecule has 114 valence electrons. The summed E-state index contributed by atoms with van der Waals surface area (Å²) < 4.78 is 0. The first-order valence-electron chi connectivity index (χ1n) is 7.68. The maximum Gasteiger partial charge on any atom is 0.224 e. The lowest BCUT2D eigenvalue weighted by atomic mass is 9.69. The molecule has 4 nitrogen and oxygen atoms in total. The van der Waals surface area contributed by atoms with Gasteiger partial charge in [-0.05, 0) is 36.8 Å². The third-order valence-electron chi connectivity index (χ3n) is 4.43. The molecule has 2 bridgehead atoms. The Balaban J connectivity index is 1.86. The number of benzene rings is 1. The molecule has 0 aliphatic heterocycles. The Kier molecular flexibility index (Phi) is 4.99. The zero-order valence-corrected chi connectivity index (χ0v) is 12.4. The fourth-order valence-electron chi connectivity index (χ4n) is 3.28. The highest BCUT2D eigenvalue weighted by molar-refractivity contribution is 5.82. The number of carbonyl (C=O) groups excluding carboxylic acids is 2. The van der Waals surface area contributed by atoms with E-state index in [2.05, 4.69) is 18.2 Å². The van der Waals surface area contributed by atoms with Crippen molar-refractivity contribution in [3.63, 3.8) is 0 Å². The zero-order valence-electron chi connectivity index (χ0n) is 12.4. The largest absolute Gasteiger partial charge is 0.370 e. The summed E-state index contributed by atoms with van der Waals surface area (Å²) in [5, 5.41) is 0. The smallest absolute Gasteiger partial charge is 0.224 e. The molecule has 21 heavy (non-hydrogen) atoms. The maximum atomic E-state index is 12.0. The Morgan fingerprint density at radius 3 is 2.19 bits per heavy atom. The van der Waals surface area contributed by atoms with Gasteiger partial charge in [0.05, 0.1) is 5.41 Å². The van der Waals surface area contributed by atoms with Crippen LogP contribution in [-0.4, -0.2) is 11.8 Å². The van der Waals surface area contributed by atoms with Gasteiger partial charge in [-0.15, -0.1) is 0 Å². The van der Waals surface area contributed by atoms with Crippen LogP contribution in [0, 0.1) is 5.41 Å². The quantitative estimate of drug-likeness (QED) is 0.718. The third-order valence-corrected chi connectivity index (χ3v) is 4.43. The normalized spacial score (nSPS) is 15.6. The highest BCUT2D eigenvalue weighted by atomic mass is 16.1. The van der Waals surface area contributed by atoms with Crippen molar-refractivity contribution in [1.82, 2.24) is 0 Å². The molecule has 1 aromatic carbocycles. The van der Waals surface area contributed by atoms with Crippen LogP contribution >= 0.6 is 0 Å². The van der Waals surface area contributed by atoms with E-state index >= 15 is 0 Å². The van der Waals surface area contributed by atoms with Crippen molar-refractivity contribution < 1.29 is 9.59 Å². The van der Waals surface area contributed by atoms with E-state index in [1.54, 1.807) is 0 Å². The van der Waals surface area contributed by atoms with Crippen molar-refractivity contribution >= 4 is 11.8 Å². The third kappa shape index (κ3) is 4.06. The minimum atomic E-state index is -0.426. The summed E-state index contributed by atoms with van der Waals surface area (Å²) >= 11 is 0. The lowest BCUT2D eigenvalue weighted by molar-refractivity contribution is -0.128. The number of fused-ring (bicyclic) bond motifs is 2. The number of amides is 2. The average molecular weight is 288 g/mol. The fraction of sp³-hybridized carbons (Fsp3) is 0.529. The maximum absolute atomic E-state index is 12.0. The number of primary amides is 2. The molecule has 0 saturated carbocycles. The van der Waals surface area contributed by atoms with Crippen molar-refractivity contribution in [2.24, 2.45) is 16.9 Å². The molecule has 0 radical (unpaired) electrons. The van der Waals surface area contributed by atoms with E-state index in [0.717, 1.165) is 44.9 Å². The minimum absolute atomic E-state index is 0.188. The topological polar surface area (TPSA) is 86.2 Å². The first kappa shape index (κ1) is 15.5. The predicted molar refractivity (Wildman–Crippen MR) is 82.4 cm³/mol. The second kappa shape index (κ2) is 6.74. The number of rotatable bonds is 8. The van der Waals surface area contributed by atoms with Gasteiger partial charge in [0.15, 0.2) is 0 Å². The highest BCUT2D eigenvalue weighted by Gasteiger charge is 2.38. The molecular formula is C17H24N2O2. The Labute approximate surface area is 125 Å². The summed E-state index contributed by atoms with van der Waals surface area (Å²) in [6.45, 7) is 0. The summed E-state index contributed by atoms with van der Waals surface area (Å²) in [5.74, 6) is -0.430. The first-order valence-corrected chi connectivity index (χ1v) is 7.68. The first-order chi connectivity index (χ1) is 10.0. The van der Waals surface area contributed by atoms with Crippen molar-refractivity contribution in [3.8, 4) is 0 Å². The van der Waals surface area contributed by atoms with E-state index in [4.69, 9.17) is 11.5 Å². The van der Waals surface area contributed by atoms with Crippen LogP contribution in [-0.2, 0) is 22.4 Å². The van der Waals surface area contributed by atoms with Gasteiger partial charge in [0.1, 0.15) is 0 Å². The molecule has 4 N–H and O–H groups in total. The summed E-state index contributed by atoms with van der Waals surface area (Å²) in [5.41, 5.74) is 12.8. The van der Waals surface area contributed by atoms with E-state index in [1.165, 1.54) is 11.1 Å². The minimum Gasteiger partial charge on any atom is -0.370 e. The van der Waals surface area contributed by atoms with Crippen LogP contribution in [0.25, 0.3) is 0 Å². The van der Waals surface area contributed by atoms with Gasteiger partial charge in [-0.25, -0.2) is 0 Å². The highest BCUT2D eigenvalue weighted by Crippen LogP contribution is 2.37. The van der Waals surface area contributed by atoms with Gasteiger partial charge in [-0.3, -0.25) is 9.59 Å². The summed E-state index contributed by atoms with van der Waals surface area (Å²) in [6.07, 6.45) is 6.55. The fourth-order valence-corrected chi connectivity index (χ4v) is 3.28. The molecule has 0 unspecified atom stereocenters. The molecule has 1 aliphatic carbocycles. The monoisotopic (exact) mass is 288 g/mol. The molecular weight excluding hydrogens is 264 g/mol. The summed E-state index contributed by atoms with van der Waals surface area (Å²) in [4.78, 5) is 22.7. The van der Waals surface area contributed by atoms with Gasteiger partial charge < -0.3 is 11.5 Å². The average Bonchev–Trinajstić information content (AvgIpc) is 2.42. The van der Waals surface area contributed by atoms with Crippen LogP contribution in [0.2, 0.25) is 0 Å². The van der Waals surface area contributed by atoms with Crippen LogP contribution in [0.15, 0.2) is 24.3 Å². The number of carbonyl (C=O) groups is 2. The molecule has 0 atom stereocenters. The van der Waals surface area contributed by atoms with Crippen LogP contribution < -0.4 is 11.5 Å². The predicted octanol–water partition coefficient (Wildman–Crippen LogP) is 2.08. The Morgan fingerprint density at radius 2 is 1.62 bits per heavy atom. The number of hydrogen-bond acceptors (Lipinski definition) is 2. The van der Waals surface area contributed by atoms with Crippen molar-refractivity contribution in [3.05, 3.63) is 35.4 Å². The van der Waals surface area contributed by atoms with Crippen molar-refractivity contribution in [2.75, 3.05) is 0 Å². The van der Waals surface area contributed by atoms with Crippen molar-refractivity contribution in [2.45, 2.75) is 51.4 Å². The van der Waals surface area contributed by atoms with Crippen LogP contribution in [0.4, 0.5) is 0 Å². The second-order valence-corrected chi connectivity index (χ2v) is 6.20. The van der Waals surface area contributed by atoms with E-state index < -0.39 is 5.41 Å². The lowest BCUT2D eigenvalue weighted by Gasteiger charge is -2.34. The molecule has 0 saturated heterocycles. The lowest BCUT2D eigenvalue weighted by Crippen LogP contribution is -2.42. The van der Waals surface area contributed by atoms with E-state index in [-0.39, 0.29) is 11.8 Å². The molecule has 0 heterocycles. The van der Waals surface area contributed by atoms with Gasteiger partial charge in [0, 0.05) is 6.42 Å². The molecule has 1 aromatic rings. The Bertz CT molecular complexity index is 504. The number of hydrogen-bond donors (Lipinski definition) is 2. The van der Waals surface area contributed by atoms with Gasteiger partial charge in [0.25, 0.3) is 0 Å². The van der Waals surface area contributed by atoms with Crippen LogP contribution in [0.1, 0.15) is 49.7 Å². The number of nitrogens with two attached hydrogens (primary N) is 2. The van der Waals surface area contributed by atoms with Gasteiger partial charge >= 0.3 is 0 Å². The van der Waals surface area contributed by atoms with Crippen molar-refractivity contribution in [1.29, 1.82) is 0 Å². The SMILES string of the molecule is NC(=O)CCCCCCC1(C(N)=O)Cc2cccc(c2)C1. The van der Waals surface area contributed by atoms with Gasteiger partial charge in [0.2, 0.25) is 11.8 Å². The molecule has 0 spiro atoms. The Morgan fingerprint density at radius 1 is 1.00 bits per heavy atom. The van der Waals surface area contributed by atoms with Crippen LogP contribution in [0.5, 0.6) is 0 Å². The standard InChI is InChI=1S/C17H24N2O2/c18-15(20)8-3-1-2-4-9-17(16(19)21)11-13-6-5-7-14(10-13)12-17/h5-7,10H,1-4,8-9,11-12H2,(H2,18,20)(H2,19,21).